The van der Waals surface area contributed by atoms with Crippen molar-refractivity contribution >= 4 is 16.6 Å². The van der Waals surface area contributed by atoms with Gasteiger partial charge < -0.3 is 0 Å². The van der Waals surface area contributed by atoms with Crippen molar-refractivity contribution in [3.05, 3.63) is 101 Å². The minimum Gasteiger partial charge on any atom is -0.292 e. The first-order valence-corrected chi connectivity index (χ1v) is 10.6. The van der Waals surface area contributed by atoms with Gasteiger partial charge in [-0.05, 0) is 85.7 Å². The average molecular weight is 391 g/mol. The van der Waals surface area contributed by atoms with Crippen LogP contribution in [0.4, 0.5) is 0 Å². The Morgan fingerprint density at radius 1 is 0.800 bits per heavy atom. The first-order valence-electron chi connectivity index (χ1n) is 10.6. The maximum Gasteiger partial charge on any atom is 0.145 e. The molecule has 0 aliphatic heterocycles. The number of imidazole rings is 1. The minimum atomic E-state index is 0.993. The van der Waals surface area contributed by atoms with Crippen molar-refractivity contribution in [2.24, 2.45) is 0 Å². The third-order valence-electron chi connectivity index (χ3n) is 5.88. The first-order chi connectivity index (χ1) is 14.6. The molecule has 3 aromatic carbocycles. The first kappa shape index (κ1) is 18.6. The lowest BCUT2D eigenvalue weighted by atomic mass is 9.95. The van der Waals surface area contributed by atoms with Gasteiger partial charge in [-0.15, -0.1) is 0 Å². The molecule has 5 rings (SSSR count). The van der Waals surface area contributed by atoms with Crippen LogP contribution in [0.2, 0.25) is 0 Å². The normalized spacial score (nSPS) is 13.6. The van der Waals surface area contributed by atoms with Gasteiger partial charge in [-0.25, -0.2) is 4.98 Å². The zero-order chi connectivity index (χ0) is 20.7. The Balaban J connectivity index is 1.77. The second kappa shape index (κ2) is 7.46. The van der Waals surface area contributed by atoms with E-state index >= 15 is 0 Å². The van der Waals surface area contributed by atoms with Crippen LogP contribution in [0, 0.1) is 20.8 Å². The molecular weight excluding hydrogens is 364 g/mol. The zero-order valence-corrected chi connectivity index (χ0v) is 17.8. The average Bonchev–Trinajstić information content (AvgIpc) is 3.13. The van der Waals surface area contributed by atoms with Crippen LogP contribution in [-0.2, 0) is 0 Å². The number of allylic oxidation sites excluding steroid dienone is 4. The highest BCUT2D eigenvalue weighted by molar-refractivity contribution is 5.85. The largest absolute Gasteiger partial charge is 0.292 e. The van der Waals surface area contributed by atoms with Gasteiger partial charge in [0.15, 0.2) is 0 Å². The number of hydrogen-bond acceptors (Lipinski definition) is 1. The number of hydrogen-bond donors (Lipinski definition) is 0. The Bertz CT molecular complexity index is 1280. The highest BCUT2D eigenvalue weighted by Crippen LogP contribution is 2.34. The van der Waals surface area contributed by atoms with Crippen LogP contribution < -0.4 is 0 Å². The molecule has 2 heteroatoms. The number of benzene rings is 3. The van der Waals surface area contributed by atoms with E-state index in [2.05, 4.69) is 104 Å². The quantitative estimate of drug-likeness (QED) is 0.357. The molecule has 0 spiro atoms. The van der Waals surface area contributed by atoms with Crippen LogP contribution in [0.15, 0.2) is 78.9 Å². The summed E-state index contributed by atoms with van der Waals surface area (Å²) in [5, 5.41) is 0. The summed E-state index contributed by atoms with van der Waals surface area (Å²) in [7, 11) is 0. The van der Waals surface area contributed by atoms with E-state index in [1.165, 1.54) is 33.5 Å². The summed E-state index contributed by atoms with van der Waals surface area (Å²) in [4.78, 5) is 5.06. The maximum absolute atomic E-state index is 5.06. The lowest BCUT2D eigenvalue weighted by molar-refractivity contribution is 1.04. The highest BCUT2D eigenvalue weighted by atomic mass is 15.1. The lowest BCUT2D eigenvalue weighted by Gasteiger charge is -2.18. The van der Waals surface area contributed by atoms with Gasteiger partial charge in [0.2, 0.25) is 0 Å². The molecule has 1 aromatic heterocycles. The zero-order valence-electron chi connectivity index (χ0n) is 17.8. The Hall–Kier alpha value is -3.39. The van der Waals surface area contributed by atoms with E-state index in [9.17, 15) is 0 Å². The molecule has 0 atom stereocenters. The maximum atomic E-state index is 5.06. The van der Waals surface area contributed by atoms with Gasteiger partial charge in [-0.3, -0.25) is 4.57 Å². The van der Waals surface area contributed by atoms with Gasteiger partial charge >= 0.3 is 0 Å². The van der Waals surface area contributed by atoms with Gasteiger partial charge in [-0.1, -0.05) is 54.6 Å². The van der Waals surface area contributed by atoms with Crippen molar-refractivity contribution in [3.63, 3.8) is 0 Å². The molecule has 2 nitrogen and oxygen atoms in total. The van der Waals surface area contributed by atoms with Crippen molar-refractivity contribution in [2.75, 3.05) is 0 Å². The number of aryl methyl sites for hydroxylation is 3. The van der Waals surface area contributed by atoms with Crippen molar-refractivity contribution in [1.82, 2.24) is 9.55 Å². The SMILES string of the molecule is Cc1ccc2c(c1)nc(-c1ccccc1)n2-c1c(C)cc(C2=CCCC=C2)cc1C. The van der Waals surface area contributed by atoms with Crippen LogP contribution in [0.1, 0.15) is 35.1 Å². The summed E-state index contributed by atoms with van der Waals surface area (Å²) in [5.41, 5.74) is 10.9. The van der Waals surface area contributed by atoms with Gasteiger partial charge in [0.1, 0.15) is 5.82 Å². The molecule has 0 bridgehead atoms. The molecule has 0 amide bonds. The topological polar surface area (TPSA) is 17.8 Å². The summed E-state index contributed by atoms with van der Waals surface area (Å²) in [6.07, 6.45) is 9.13. The molecule has 4 aromatic rings. The van der Waals surface area contributed by atoms with E-state index in [0.29, 0.717) is 0 Å². The Morgan fingerprint density at radius 3 is 2.27 bits per heavy atom. The standard InChI is InChI=1S/C28H26N2/c1-19-14-15-26-25(16-19)29-28(23-12-8-5-9-13-23)30(26)27-20(2)17-24(18-21(27)3)22-10-6-4-7-11-22/h5-6,8-18H,4,7H2,1-3H3. The number of fused-ring (bicyclic) bond motifs is 1. The van der Waals surface area contributed by atoms with Crippen LogP contribution >= 0.6 is 0 Å². The fraction of sp³-hybridized carbons (Fsp3) is 0.179. The summed E-state index contributed by atoms with van der Waals surface area (Å²) < 4.78 is 2.34. The molecule has 0 unspecified atom stereocenters. The minimum absolute atomic E-state index is 0.993. The summed E-state index contributed by atoms with van der Waals surface area (Å²) >= 11 is 0. The van der Waals surface area contributed by atoms with Crippen LogP contribution in [0.25, 0.3) is 33.7 Å². The lowest BCUT2D eigenvalue weighted by Crippen LogP contribution is -2.04. The third kappa shape index (κ3) is 3.19. The van der Waals surface area contributed by atoms with E-state index in [1.807, 2.05) is 0 Å². The van der Waals surface area contributed by atoms with Crippen LogP contribution in [-0.4, -0.2) is 9.55 Å². The van der Waals surface area contributed by atoms with Crippen molar-refractivity contribution < 1.29 is 0 Å². The predicted molar refractivity (Wildman–Crippen MR) is 127 cm³/mol. The van der Waals surface area contributed by atoms with Crippen molar-refractivity contribution in [3.8, 4) is 17.1 Å². The smallest absolute Gasteiger partial charge is 0.145 e. The fourth-order valence-electron chi connectivity index (χ4n) is 4.50. The fourth-order valence-corrected chi connectivity index (χ4v) is 4.50. The van der Waals surface area contributed by atoms with Crippen molar-refractivity contribution in [1.29, 1.82) is 0 Å². The van der Waals surface area contributed by atoms with Gasteiger partial charge in [0.25, 0.3) is 0 Å². The van der Waals surface area contributed by atoms with E-state index in [1.54, 1.807) is 0 Å². The van der Waals surface area contributed by atoms with E-state index in [-0.39, 0.29) is 0 Å². The predicted octanol–water partition coefficient (Wildman–Crippen LogP) is 7.35. The Morgan fingerprint density at radius 2 is 1.57 bits per heavy atom. The summed E-state index contributed by atoms with van der Waals surface area (Å²) in [5.74, 6) is 0.993. The number of rotatable bonds is 3. The van der Waals surface area contributed by atoms with Gasteiger partial charge in [0.05, 0.1) is 16.7 Å². The van der Waals surface area contributed by atoms with E-state index < -0.39 is 0 Å². The summed E-state index contributed by atoms with van der Waals surface area (Å²) in [6.45, 7) is 6.55. The van der Waals surface area contributed by atoms with Gasteiger partial charge in [0, 0.05) is 5.56 Å². The number of nitrogens with zero attached hydrogens (tertiary/aromatic N) is 2. The highest BCUT2D eigenvalue weighted by Gasteiger charge is 2.18. The molecule has 0 radical (unpaired) electrons. The molecule has 1 aliphatic rings. The summed E-state index contributed by atoms with van der Waals surface area (Å²) in [6, 6.07) is 21.7. The molecular formula is C28H26N2. The third-order valence-corrected chi connectivity index (χ3v) is 5.88. The van der Waals surface area contributed by atoms with Gasteiger partial charge in [-0.2, -0.15) is 0 Å². The van der Waals surface area contributed by atoms with E-state index in [4.69, 9.17) is 4.98 Å². The second-order valence-corrected chi connectivity index (χ2v) is 8.23. The van der Waals surface area contributed by atoms with Crippen LogP contribution in [0.3, 0.4) is 0 Å². The van der Waals surface area contributed by atoms with E-state index in [0.717, 1.165) is 35.3 Å². The monoisotopic (exact) mass is 390 g/mol. The number of aromatic nitrogens is 2. The molecule has 0 fully saturated rings. The molecule has 0 saturated carbocycles. The molecule has 148 valence electrons. The second-order valence-electron chi connectivity index (χ2n) is 8.23. The Labute approximate surface area is 178 Å². The Kier molecular flexibility index (Phi) is 4.63. The molecule has 1 heterocycles. The van der Waals surface area contributed by atoms with Crippen LogP contribution in [0.5, 0.6) is 0 Å². The molecule has 30 heavy (non-hydrogen) atoms. The molecule has 1 aliphatic carbocycles. The van der Waals surface area contributed by atoms with Crippen molar-refractivity contribution in [2.45, 2.75) is 33.6 Å². The molecule has 0 saturated heterocycles. The molecule has 0 N–H and O–H groups in total.